The van der Waals surface area contributed by atoms with Crippen molar-refractivity contribution in [2.75, 3.05) is 26.2 Å². The summed E-state index contributed by atoms with van der Waals surface area (Å²) in [6, 6.07) is 4.79. The lowest BCUT2D eigenvalue weighted by molar-refractivity contribution is 0.0512. The number of hydrogen-bond donors (Lipinski definition) is 0. The largest absolute Gasteiger partial charge is 0.417 e. The first-order valence-electron chi connectivity index (χ1n) is 8.24. The highest BCUT2D eigenvalue weighted by Crippen LogP contribution is 2.23. The number of nitrogens with zero attached hydrogens (tertiary/aromatic N) is 4. The average molecular weight is 397 g/mol. The molecule has 1 aromatic carbocycles. The molecule has 1 saturated heterocycles. The highest BCUT2D eigenvalue weighted by atomic mass is 35.5. The van der Waals surface area contributed by atoms with Crippen molar-refractivity contribution < 1.29 is 14.0 Å². The molecule has 1 aromatic heterocycles. The number of halogens is 2. The fourth-order valence-electron chi connectivity index (χ4n) is 2.61. The molecule has 26 heavy (non-hydrogen) atoms. The number of carbonyl (C=O) groups is 2. The predicted molar refractivity (Wildman–Crippen MR) is 96.7 cm³/mol. The van der Waals surface area contributed by atoms with Gasteiger partial charge in [0.05, 0.1) is 10.0 Å². The summed E-state index contributed by atoms with van der Waals surface area (Å²) in [5, 5.41) is 8.43. The Morgan fingerprint density at radius 2 is 1.62 bits per heavy atom. The molecule has 0 spiro atoms. The molecule has 0 saturated carbocycles. The molecule has 0 atom stereocenters. The summed E-state index contributed by atoms with van der Waals surface area (Å²) in [5.41, 5.74) is 0.470. The van der Waals surface area contributed by atoms with Gasteiger partial charge in [-0.25, -0.2) is 0 Å². The first-order valence-corrected chi connectivity index (χ1v) is 8.99. The summed E-state index contributed by atoms with van der Waals surface area (Å²) in [6.45, 7) is 5.44. The van der Waals surface area contributed by atoms with Crippen LogP contribution in [0.3, 0.4) is 0 Å². The SMILES string of the molecule is CC(C)c1nnc(C(=O)N2CCN(C(=O)c3ccc(Cl)c(Cl)c3)CC2)o1. The monoisotopic (exact) mass is 396 g/mol. The Hall–Kier alpha value is -2.12. The van der Waals surface area contributed by atoms with E-state index < -0.39 is 0 Å². The van der Waals surface area contributed by atoms with Gasteiger partial charge in [-0.2, -0.15) is 0 Å². The van der Waals surface area contributed by atoms with Crippen molar-refractivity contribution >= 4 is 35.0 Å². The molecule has 0 N–H and O–H groups in total. The van der Waals surface area contributed by atoms with Gasteiger partial charge in [0, 0.05) is 37.7 Å². The van der Waals surface area contributed by atoms with E-state index >= 15 is 0 Å². The third-order valence-corrected chi connectivity index (χ3v) is 4.88. The van der Waals surface area contributed by atoms with E-state index in [1.165, 1.54) is 0 Å². The minimum Gasteiger partial charge on any atom is -0.417 e. The molecule has 138 valence electrons. The highest BCUT2D eigenvalue weighted by Gasteiger charge is 2.28. The Kier molecular flexibility index (Phi) is 5.48. The van der Waals surface area contributed by atoms with E-state index in [0.29, 0.717) is 47.7 Å². The van der Waals surface area contributed by atoms with Crippen LogP contribution in [-0.4, -0.2) is 58.0 Å². The van der Waals surface area contributed by atoms with E-state index in [1.54, 1.807) is 28.0 Å². The minimum absolute atomic E-state index is 0.0158. The van der Waals surface area contributed by atoms with Gasteiger partial charge in [-0.3, -0.25) is 9.59 Å². The lowest BCUT2D eigenvalue weighted by atomic mass is 10.2. The lowest BCUT2D eigenvalue weighted by Crippen LogP contribution is -2.50. The Bertz CT molecular complexity index is 829. The molecule has 7 nitrogen and oxygen atoms in total. The molecule has 2 amide bonds. The number of hydrogen-bond acceptors (Lipinski definition) is 5. The molecule has 0 aliphatic carbocycles. The molecule has 2 aromatic rings. The summed E-state index contributed by atoms with van der Waals surface area (Å²) in [7, 11) is 0. The lowest BCUT2D eigenvalue weighted by Gasteiger charge is -2.34. The fourth-order valence-corrected chi connectivity index (χ4v) is 2.91. The number of rotatable bonds is 3. The molecule has 0 bridgehead atoms. The van der Waals surface area contributed by atoms with Crippen molar-refractivity contribution in [3.8, 4) is 0 Å². The van der Waals surface area contributed by atoms with Crippen molar-refractivity contribution in [2.24, 2.45) is 0 Å². The van der Waals surface area contributed by atoms with Crippen LogP contribution in [0.5, 0.6) is 0 Å². The maximum absolute atomic E-state index is 12.6. The Morgan fingerprint density at radius 3 is 2.15 bits per heavy atom. The smallest absolute Gasteiger partial charge is 0.311 e. The Labute approximate surface area is 160 Å². The summed E-state index contributed by atoms with van der Waals surface area (Å²) < 4.78 is 5.41. The van der Waals surface area contributed by atoms with Crippen LogP contribution in [0.2, 0.25) is 10.0 Å². The van der Waals surface area contributed by atoms with Crippen LogP contribution in [-0.2, 0) is 0 Å². The second kappa shape index (κ2) is 7.63. The van der Waals surface area contributed by atoms with Gasteiger partial charge in [-0.15, -0.1) is 10.2 Å². The maximum atomic E-state index is 12.6. The van der Waals surface area contributed by atoms with Gasteiger partial charge < -0.3 is 14.2 Å². The van der Waals surface area contributed by atoms with Gasteiger partial charge in [-0.1, -0.05) is 37.0 Å². The van der Waals surface area contributed by atoms with Gasteiger partial charge in [0.25, 0.3) is 5.91 Å². The van der Waals surface area contributed by atoms with E-state index in [0.717, 1.165) is 0 Å². The maximum Gasteiger partial charge on any atom is 0.311 e. The third-order valence-electron chi connectivity index (χ3n) is 4.14. The van der Waals surface area contributed by atoms with E-state index in [-0.39, 0.29) is 23.6 Å². The summed E-state index contributed by atoms with van der Waals surface area (Å²) in [4.78, 5) is 28.3. The fraction of sp³-hybridized carbons (Fsp3) is 0.412. The van der Waals surface area contributed by atoms with Crippen molar-refractivity contribution in [3.05, 3.63) is 45.6 Å². The second-order valence-corrected chi connectivity index (χ2v) is 7.13. The van der Waals surface area contributed by atoms with Crippen LogP contribution in [0.4, 0.5) is 0 Å². The topological polar surface area (TPSA) is 79.5 Å². The quantitative estimate of drug-likeness (QED) is 0.795. The van der Waals surface area contributed by atoms with Gasteiger partial charge in [0.1, 0.15) is 0 Å². The molecule has 9 heteroatoms. The zero-order chi connectivity index (χ0) is 18.8. The number of benzene rings is 1. The summed E-state index contributed by atoms with van der Waals surface area (Å²) >= 11 is 11.9. The normalized spacial score (nSPS) is 14.8. The molecular formula is C17H18Cl2N4O3. The van der Waals surface area contributed by atoms with Crippen molar-refractivity contribution in [3.63, 3.8) is 0 Å². The number of piperazine rings is 1. The van der Waals surface area contributed by atoms with E-state index in [9.17, 15) is 9.59 Å². The van der Waals surface area contributed by atoms with Gasteiger partial charge in [0.15, 0.2) is 0 Å². The van der Waals surface area contributed by atoms with Crippen molar-refractivity contribution in [1.29, 1.82) is 0 Å². The molecule has 1 fully saturated rings. The summed E-state index contributed by atoms with van der Waals surface area (Å²) in [5.74, 6) is 0.0195. The molecule has 3 rings (SSSR count). The van der Waals surface area contributed by atoms with Gasteiger partial charge >= 0.3 is 11.8 Å². The van der Waals surface area contributed by atoms with E-state index in [4.69, 9.17) is 27.6 Å². The highest BCUT2D eigenvalue weighted by molar-refractivity contribution is 6.42. The average Bonchev–Trinajstić information content (AvgIpc) is 3.13. The van der Waals surface area contributed by atoms with Crippen LogP contribution in [0, 0.1) is 0 Å². The van der Waals surface area contributed by atoms with Gasteiger partial charge in [0.2, 0.25) is 5.89 Å². The molecular weight excluding hydrogens is 379 g/mol. The molecule has 0 radical (unpaired) electrons. The Morgan fingerprint density at radius 1 is 1.00 bits per heavy atom. The van der Waals surface area contributed by atoms with Crippen LogP contribution < -0.4 is 0 Å². The predicted octanol–water partition coefficient (Wildman–Crippen LogP) is 3.10. The third kappa shape index (κ3) is 3.83. The van der Waals surface area contributed by atoms with Crippen molar-refractivity contribution in [2.45, 2.75) is 19.8 Å². The second-order valence-electron chi connectivity index (χ2n) is 6.31. The molecule has 1 aliphatic heterocycles. The van der Waals surface area contributed by atoms with Crippen LogP contribution >= 0.6 is 23.2 Å². The molecule has 0 unspecified atom stereocenters. The van der Waals surface area contributed by atoms with E-state index in [2.05, 4.69) is 10.2 Å². The Balaban J connectivity index is 1.62. The first kappa shape index (κ1) is 18.7. The molecule has 2 heterocycles. The number of aromatic nitrogens is 2. The van der Waals surface area contributed by atoms with Gasteiger partial charge in [-0.05, 0) is 18.2 Å². The number of amides is 2. The van der Waals surface area contributed by atoms with E-state index in [1.807, 2.05) is 13.8 Å². The number of carbonyl (C=O) groups excluding carboxylic acids is 2. The summed E-state index contributed by atoms with van der Waals surface area (Å²) in [6.07, 6.45) is 0. The van der Waals surface area contributed by atoms with Crippen LogP contribution in [0.1, 0.15) is 46.7 Å². The zero-order valence-corrected chi connectivity index (χ0v) is 15.9. The minimum atomic E-state index is -0.314. The zero-order valence-electron chi connectivity index (χ0n) is 14.4. The molecule has 1 aliphatic rings. The standard InChI is InChI=1S/C17H18Cl2N4O3/c1-10(2)14-20-21-15(26-14)17(25)23-7-5-22(6-8-23)16(24)11-3-4-12(18)13(19)9-11/h3-4,9-10H,5-8H2,1-2H3. The van der Waals surface area contributed by atoms with Crippen LogP contribution in [0.25, 0.3) is 0 Å². The van der Waals surface area contributed by atoms with Crippen molar-refractivity contribution in [1.82, 2.24) is 20.0 Å². The first-order chi connectivity index (χ1) is 12.4. The van der Waals surface area contributed by atoms with Crippen LogP contribution in [0.15, 0.2) is 22.6 Å².